The number of hydrogen-bond donors (Lipinski definition) is 1. The van der Waals surface area contributed by atoms with Gasteiger partial charge in [-0.1, -0.05) is 6.42 Å². The topological polar surface area (TPSA) is 66.5 Å². The number of rotatable bonds is 4. The summed E-state index contributed by atoms with van der Waals surface area (Å²) in [6, 6.07) is 4.95. The second-order valence-corrected chi connectivity index (χ2v) is 7.72. The maximum atomic E-state index is 12.5. The van der Waals surface area contributed by atoms with Gasteiger partial charge in [-0.2, -0.15) is 8.78 Å². The fourth-order valence-corrected chi connectivity index (χ4v) is 3.44. The highest BCUT2D eigenvalue weighted by Gasteiger charge is 2.28. The zero-order chi connectivity index (χ0) is 17.2. The Morgan fingerprint density at radius 2 is 1.70 bits per heavy atom. The number of carbonyl (C=O) groups excluding carboxylic acids is 1. The molecule has 1 N–H and O–H groups in total. The third kappa shape index (κ3) is 3.87. The first-order valence-electron chi connectivity index (χ1n) is 7.45. The van der Waals surface area contributed by atoms with Crippen molar-refractivity contribution in [2.75, 3.05) is 0 Å². The van der Waals surface area contributed by atoms with Crippen molar-refractivity contribution in [3.8, 4) is 0 Å². The Morgan fingerprint density at radius 1 is 1.17 bits per heavy atom. The van der Waals surface area contributed by atoms with Crippen LogP contribution in [-0.4, -0.2) is 37.2 Å². The Kier molecular flexibility index (Phi) is 5.36. The van der Waals surface area contributed by atoms with Gasteiger partial charge in [-0.15, -0.1) is 0 Å². The molecular formula is C15H20F2N2O3S. The minimum Gasteiger partial charge on any atom is -0.284 e. The molecule has 0 saturated carbocycles. The smallest absolute Gasteiger partial charge is 0.284 e. The van der Waals surface area contributed by atoms with Gasteiger partial charge in [0.2, 0.25) is 9.84 Å². The third-order valence-electron chi connectivity index (χ3n) is 4.10. The van der Waals surface area contributed by atoms with E-state index in [0.717, 1.165) is 31.4 Å². The highest BCUT2D eigenvalue weighted by molar-refractivity contribution is 7.91. The number of benzene rings is 1. The van der Waals surface area contributed by atoms with Crippen molar-refractivity contribution in [2.45, 2.75) is 55.8 Å². The van der Waals surface area contributed by atoms with Crippen LogP contribution < -0.4 is 5.43 Å². The van der Waals surface area contributed by atoms with Gasteiger partial charge in [-0.05, 0) is 51.0 Å². The zero-order valence-corrected chi connectivity index (χ0v) is 13.8. The number of hydrazine groups is 1. The molecule has 1 fully saturated rings. The number of hydrogen-bond acceptors (Lipinski definition) is 4. The maximum absolute atomic E-state index is 12.5. The van der Waals surface area contributed by atoms with Crippen molar-refractivity contribution in [2.24, 2.45) is 0 Å². The Labute approximate surface area is 134 Å². The van der Waals surface area contributed by atoms with Crippen molar-refractivity contribution in [1.82, 2.24) is 10.4 Å². The van der Waals surface area contributed by atoms with E-state index >= 15 is 0 Å². The fourth-order valence-electron chi connectivity index (χ4n) is 2.72. The summed E-state index contributed by atoms with van der Waals surface area (Å²) in [5.41, 5.74) is 3.04. The van der Waals surface area contributed by atoms with Gasteiger partial charge in [0, 0.05) is 17.6 Å². The van der Waals surface area contributed by atoms with Gasteiger partial charge in [0.25, 0.3) is 5.91 Å². The Balaban J connectivity index is 2.12. The molecule has 1 aliphatic rings. The number of nitrogens with one attached hydrogen (secondary N) is 1. The van der Waals surface area contributed by atoms with E-state index in [2.05, 4.69) is 5.43 Å². The molecule has 0 radical (unpaired) electrons. The molecule has 128 valence electrons. The number of piperidine rings is 1. The average molecular weight is 346 g/mol. The molecule has 1 aromatic rings. The van der Waals surface area contributed by atoms with Gasteiger partial charge in [-0.25, -0.2) is 13.4 Å². The number of sulfone groups is 1. The highest BCUT2D eigenvalue weighted by Crippen LogP contribution is 2.21. The highest BCUT2D eigenvalue weighted by atomic mass is 32.2. The molecule has 8 heteroatoms. The quantitative estimate of drug-likeness (QED) is 0.910. The summed E-state index contributed by atoms with van der Waals surface area (Å²) in [5, 5.41) is 1.88. The summed E-state index contributed by atoms with van der Waals surface area (Å²) >= 11 is 0. The average Bonchev–Trinajstić information content (AvgIpc) is 2.51. The van der Waals surface area contributed by atoms with Crippen LogP contribution in [0.2, 0.25) is 0 Å². The van der Waals surface area contributed by atoms with Crippen LogP contribution in [0, 0.1) is 0 Å². The van der Waals surface area contributed by atoms with E-state index in [4.69, 9.17) is 0 Å². The van der Waals surface area contributed by atoms with Gasteiger partial charge in [0.1, 0.15) is 0 Å². The predicted molar refractivity (Wildman–Crippen MR) is 81.7 cm³/mol. The molecule has 5 nitrogen and oxygen atoms in total. The Bertz CT molecular complexity index is 652. The van der Waals surface area contributed by atoms with Crippen LogP contribution in [0.3, 0.4) is 0 Å². The number of carbonyl (C=O) groups is 1. The number of alkyl halides is 2. The fraction of sp³-hybridized carbons (Fsp3) is 0.533. The molecule has 0 aromatic heterocycles. The van der Waals surface area contributed by atoms with Gasteiger partial charge < -0.3 is 0 Å². The van der Waals surface area contributed by atoms with Gasteiger partial charge in [0.15, 0.2) is 0 Å². The van der Waals surface area contributed by atoms with E-state index in [1.165, 1.54) is 12.1 Å². The lowest BCUT2D eigenvalue weighted by molar-refractivity contribution is 0.0369. The lowest BCUT2D eigenvalue weighted by atomic mass is 10.00. The lowest BCUT2D eigenvalue weighted by Gasteiger charge is -2.38. The Hall–Kier alpha value is -1.54. The van der Waals surface area contributed by atoms with Gasteiger partial charge in [-0.3, -0.25) is 10.2 Å². The number of amides is 1. The van der Waals surface area contributed by atoms with Gasteiger partial charge >= 0.3 is 5.76 Å². The van der Waals surface area contributed by atoms with E-state index < -0.39 is 20.5 Å². The molecule has 0 aliphatic carbocycles. The van der Waals surface area contributed by atoms with Crippen LogP contribution in [0.1, 0.15) is 43.5 Å². The second-order valence-electron chi connectivity index (χ2n) is 5.81. The normalized spacial score (nSPS) is 23.0. The van der Waals surface area contributed by atoms with Crippen molar-refractivity contribution in [3.05, 3.63) is 29.8 Å². The van der Waals surface area contributed by atoms with Crippen molar-refractivity contribution >= 4 is 15.7 Å². The first kappa shape index (κ1) is 17.8. The summed E-state index contributed by atoms with van der Waals surface area (Å²) < 4.78 is 47.7. The molecule has 1 amide bonds. The largest absolute Gasteiger partial charge is 0.341 e. The Morgan fingerprint density at radius 3 is 2.17 bits per heavy atom. The molecule has 1 aromatic carbocycles. The minimum absolute atomic E-state index is 0.209. The molecule has 0 spiro atoms. The maximum Gasteiger partial charge on any atom is 0.341 e. The first-order chi connectivity index (χ1) is 10.7. The zero-order valence-electron chi connectivity index (χ0n) is 13.0. The molecule has 0 bridgehead atoms. The van der Waals surface area contributed by atoms with Crippen LogP contribution in [0.4, 0.5) is 8.78 Å². The molecule has 2 atom stereocenters. The van der Waals surface area contributed by atoms with Gasteiger partial charge in [0.05, 0.1) is 4.90 Å². The lowest BCUT2D eigenvalue weighted by Crippen LogP contribution is -2.54. The van der Waals surface area contributed by atoms with E-state index in [1.807, 2.05) is 18.9 Å². The second kappa shape index (κ2) is 6.92. The van der Waals surface area contributed by atoms with Crippen LogP contribution in [-0.2, 0) is 9.84 Å². The first-order valence-corrected chi connectivity index (χ1v) is 8.99. The molecule has 1 heterocycles. The summed E-state index contributed by atoms with van der Waals surface area (Å²) in [7, 11) is -4.64. The van der Waals surface area contributed by atoms with Crippen LogP contribution in [0.15, 0.2) is 29.2 Å². The standard InChI is InChI=1S/C15H20F2N2O3S/c1-10-4-3-5-11(2)19(10)18-14(20)12-6-8-13(9-7-12)23(21,22)15(16)17/h6-11,15H,3-5H2,1-2H3,(H,18,20)/t10-,11+. The summed E-state index contributed by atoms with van der Waals surface area (Å²) in [5.74, 6) is -3.86. The predicted octanol–water partition coefficient (Wildman–Crippen LogP) is 2.59. The molecular weight excluding hydrogens is 326 g/mol. The van der Waals surface area contributed by atoms with Crippen molar-refractivity contribution < 1.29 is 22.0 Å². The number of nitrogens with zero attached hydrogens (tertiary/aromatic N) is 1. The molecule has 2 rings (SSSR count). The van der Waals surface area contributed by atoms with Crippen LogP contribution in [0.5, 0.6) is 0 Å². The monoisotopic (exact) mass is 346 g/mol. The van der Waals surface area contributed by atoms with Crippen LogP contribution >= 0.6 is 0 Å². The molecule has 0 unspecified atom stereocenters. The van der Waals surface area contributed by atoms with E-state index in [9.17, 15) is 22.0 Å². The van der Waals surface area contributed by atoms with E-state index in [1.54, 1.807) is 0 Å². The summed E-state index contributed by atoms with van der Waals surface area (Å²) in [6.07, 6.45) is 3.07. The minimum atomic E-state index is -4.64. The SMILES string of the molecule is C[C@@H]1CCC[C@H](C)N1NC(=O)c1ccc(S(=O)(=O)C(F)F)cc1. The number of halogens is 2. The third-order valence-corrected chi connectivity index (χ3v) is 5.50. The summed E-state index contributed by atoms with van der Waals surface area (Å²) in [6.45, 7) is 4.04. The van der Waals surface area contributed by atoms with E-state index in [-0.39, 0.29) is 23.6 Å². The molecule has 23 heavy (non-hydrogen) atoms. The molecule has 1 saturated heterocycles. The molecule has 1 aliphatic heterocycles. The summed E-state index contributed by atoms with van der Waals surface area (Å²) in [4.78, 5) is 11.8. The van der Waals surface area contributed by atoms with Crippen LogP contribution in [0.25, 0.3) is 0 Å². The van der Waals surface area contributed by atoms with Crippen molar-refractivity contribution in [1.29, 1.82) is 0 Å². The van der Waals surface area contributed by atoms with E-state index in [0.29, 0.717) is 0 Å². The van der Waals surface area contributed by atoms with Crippen molar-refractivity contribution in [3.63, 3.8) is 0 Å².